The molecule has 2 heterocycles. The van der Waals surface area contributed by atoms with Crippen LogP contribution in [0, 0.1) is 25.2 Å². The molecule has 4 atom stereocenters. The molecule has 4 heteroatoms. The van der Waals surface area contributed by atoms with Crippen LogP contribution < -0.4 is 5.32 Å². The average molecular weight is 292 g/mol. The van der Waals surface area contributed by atoms with Gasteiger partial charge in [-0.1, -0.05) is 6.42 Å². The quantitative estimate of drug-likeness (QED) is 0.927. The molecule has 3 nitrogen and oxygen atoms in total. The second-order valence-electron chi connectivity index (χ2n) is 6.88. The average Bonchev–Trinajstić information content (AvgIpc) is 2.89. The molecule has 1 N–H and O–H groups in total. The zero-order valence-corrected chi connectivity index (χ0v) is 13.4. The van der Waals surface area contributed by atoms with Crippen molar-refractivity contribution < 1.29 is 4.74 Å². The van der Waals surface area contributed by atoms with Gasteiger partial charge in [0.2, 0.25) is 0 Å². The predicted octanol–water partition coefficient (Wildman–Crippen LogP) is 3.37. The summed E-state index contributed by atoms with van der Waals surface area (Å²) in [5.74, 6) is 0.757. The molecule has 0 bridgehead atoms. The first-order valence-electron chi connectivity index (χ1n) is 7.93. The maximum absolute atomic E-state index is 6.01. The summed E-state index contributed by atoms with van der Waals surface area (Å²) in [6.07, 6.45) is 5.92. The van der Waals surface area contributed by atoms with E-state index in [9.17, 15) is 0 Å². The van der Waals surface area contributed by atoms with Crippen LogP contribution in [-0.4, -0.2) is 23.7 Å². The summed E-state index contributed by atoms with van der Waals surface area (Å²) in [6.45, 7) is 7.52. The Morgan fingerprint density at radius 3 is 2.80 bits per heavy atom. The van der Waals surface area contributed by atoms with E-state index >= 15 is 0 Å². The number of ether oxygens (including phenoxy) is 1. The highest BCUT2D eigenvalue weighted by atomic mass is 32.1. The first kappa shape index (κ1) is 13.2. The van der Waals surface area contributed by atoms with Gasteiger partial charge in [0.25, 0.3) is 0 Å². The van der Waals surface area contributed by atoms with E-state index in [-0.39, 0.29) is 0 Å². The fourth-order valence-corrected chi connectivity index (χ4v) is 5.73. The number of fused-ring (bicyclic) bond motifs is 2. The number of thiazole rings is 1. The summed E-state index contributed by atoms with van der Waals surface area (Å²) >= 11 is 1.85. The molecule has 20 heavy (non-hydrogen) atoms. The highest BCUT2D eigenvalue weighted by Crippen LogP contribution is 2.63. The van der Waals surface area contributed by atoms with E-state index < -0.39 is 0 Å². The SMILES string of the molecule is Cc1nc(C)c(C(C)NC2C3CCOC3C23CCC3)s1. The second kappa shape index (κ2) is 4.52. The van der Waals surface area contributed by atoms with Crippen molar-refractivity contribution in [1.82, 2.24) is 10.3 Å². The van der Waals surface area contributed by atoms with Gasteiger partial charge in [0, 0.05) is 34.9 Å². The van der Waals surface area contributed by atoms with Crippen LogP contribution in [0.2, 0.25) is 0 Å². The number of aryl methyl sites for hydroxylation is 2. The lowest BCUT2D eigenvalue weighted by Gasteiger charge is -2.64. The summed E-state index contributed by atoms with van der Waals surface area (Å²) in [5.41, 5.74) is 1.68. The highest BCUT2D eigenvalue weighted by Gasteiger charge is 2.66. The summed E-state index contributed by atoms with van der Waals surface area (Å²) in [7, 11) is 0. The normalized spacial score (nSPS) is 35.5. The molecule has 0 radical (unpaired) electrons. The van der Waals surface area contributed by atoms with Crippen molar-refractivity contribution >= 4 is 11.3 Å². The van der Waals surface area contributed by atoms with Gasteiger partial charge in [0.1, 0.15) is 0 Å². The van der Waals surface area contributed by atoms with E-state index in [1.54, 1.807) is 0 Å². The summed E-state index contributed by atoms with van der Waals surface area (Å²) in [5, 5.41) is 5.12. The Labute approximate surface area is 125 Å². The maximum Gasteiger partial charge on any atom is 0.0900 e. The molecule has 0 aromatic carbocycles. The van der Waals surface area contributed by atoms with E-state index in [2.05, 4.69) is 31.1 Å². The van der Waals surface area contributed by atoms with Crippen molar-refractivity contribution in [1.29, 1.82) is 0 Å². The summed E-state index contributed by atoms with van der Waals surface area (Å²) in [4.78, 5) is 5.99. The van der Waals surface area contributed by atoms with Crippen LogP contribution in [0.15, 0.2) is 0 Å². The van der Waals surface area contributed by atoms with Gasteiger partial charge in [-0.05, 0) is 40.0 Å². The van der Waals surface area contributed by atoms with Crippen LogP contribution in [0.5, 0.6) is 0 Å². The van der Waals surface area contributed by atoms with Gasteiger partial charge in [-0.2, -0.15) is 0 Å². The largest absolute Gasteiger partial charge is 0.377 e. The van der Waals surface area contributed by atoms with Crippen LogP contribution >= 0.6 is 11.3 Å². The predicted molar refractivity (Wildman–Crippen MR) is 81.1 cm³/mol. The Balaban J connectivity index is 1.52. The maximum atomic E-state index is 6.01. The van der Waals surface area contributed by atoms with E-state index in [1.807, 2.05) is 11.3 Å². The van der Waals surface area contributed by atoms with Crippen LogP contribution in [0.4, 0.5) is 0 Å². The van der Waals surface area contributed by atoms with Crippen LogP contribution in [-0.2, 0) is 4.74 Å². The molecule has 4 unspecified atom stereocenters. The Morgan fingerprint density at radius 1 is 1.40 bits per heavy atom. The first-order chi connectivity index (χ1) is 9.62. The number of aromatic nitrogens is 1. The number of nitrogens with one attached hydrogen (secondary N) is 1. The lowest BCUT2D eigenvalue weighted by molar-refractivity contribution is -0.178. The minimum absolute atomic E-state index is 0.422. The van der Waals surface area contributed by atoms with Crippen molar-refractivity contribution in [3.63, 3.8) is 0 Å². The lowest BCUT2D eigenvalue weighted by Crippen LogP contribution is -2.71. The lowest BCUT2D eigenvalue weighted by atomic mass is 9.46. The fraction of sp³-hybridized carbons (Fsp3) is 0.812. The van der Waals surface area contributed by atoms with Crippen molar-refractivity contribution in [2.24, 2.45) is 11.3 Å². The molecule has 0 amide bonds. The van der Waals surface area contributed by atoms with E-state index in [1.165, 1.54) is 41.3 Å². The standard InChI is InChI=1S/C16H24N2OS/c1-9-13(20-11(3)17-9)10(2)18-14-12-5-8-19-15(12)16(14)6-4-7-16/h10,12,14-15,18H,4-8H2,1-3H3. The molecule has 1 saturated heterocycles. The first-order valence-corrected chi connectivity index (χ1v) is 8.75. The molecule has 3 aliphatic rings. The zero-order valence-electron chi connectivity index (χ0n) is 12.6. The van der Waals surface area contributed by atoms with Gasteiger partial charge in [0.15, 0.2) is 0 Å². The van der Waals surface area contributed by atoms with Crippen LogP contribution in [0.1, 0.15) is 54.2 Å². The van der Waals surface area contributed by atoms with E-state index in [0.29, 0.717) is 23.6 Å². The van der Waals surface area contributed by atoms with Gasteiger partial charge < -0.3 is 10.1 Å². The molecule has 1 aliphatic heterocycles. The van der Waals surface area contributed by atoms with Gasteiger partial charge in [-0.25, -0.2) is 4.98 Å². The summed E-state index contributed by atoms with van der Waals surface area (Å²) in [6, 6.07) is 1.09. The van der Waals surface area contributed by atoms with E-state index in [0.717, 1.165) is 12.5 Å². The molecule has 1 aromatic heterocycles. The van der Waals surface area contributed by atoms with Crippen molar-refractivity contribution in [3.8, 4) is 0 Å². The van der Waals surface area contributed by atoms with Gasteiger partial charge in [-0.3, -0.25) is 0 Å². The Bertz CT molecular complexity index is 523. The van der Waals surface area contributed by atoms with Crippen LogP contribution in [0.25, 0.3) is 0 Å². The third kappa shape index (κ3) is 1.68. The second-order valence-corrected chi connectivity index (χ2v) is 8.11. The highest BCUT2D eigenvalue weighted by molar-refractivity contribution is 7.11. The van der Waals surface area contributed by atoms with Gasteiger partial charge >= 0.3 is 0 Å². The Morgan fingerprint density at radius 2 is 2.20 bits per heavy atom. The molecule has 1 aromatic rings. The molecule has 1 spiro atoms. The molecule has 3 fully saturated rings. The zero-order chi connectivity index (χ0) is 13.9. The number of hydrogen-bond acceptors (Lipinski definition) is 4. The summed E-state index contributed by atoms with van der Waals surface area (Å²) < 4.78 is 6.01. The minimum Gasteiger partial charge on any atom is -0.377 e. The van der Waals surface area contributed by atoms with Crippen molar-refractivity contribution in [3.05, 3.63) is 15.6 Å². The third-order valence-electron chi connectivity index (χ3n) is 5.80. The van der Waals surface area contributed by atoms with E-state index in [4.69, 9.17) is 4.74 Å². The Hall–Kier alpha value is -0.450. The molecule has 110 valence electrons. The van der Waals surface area contributed by atoms with Crippen molar-refractivity contribution in [2.45, 2.75) is 64.6 Å². The van der Waals surface area contributed by atoms with Crippen LogP contribution in [0.3, 0.4) is 0 Å². The number of hydrogen-bond donors (Lipinski definition) is 1. The molecular weight excluding hydrogens is 268 g/mol. The van der Waals surface area contributed by atoms with Gasteiger partial charge in [0.05, 0.1) is 16.8 Å². The smallest absolute Gasteiger partial charge is 0.0900 e. The molecule has 4 rings (SSSR count). The topological polar surface area (TPSA) is 34.2 Å². The van der Waals surface area contributed by atoms with Crippen molar-refractivity contribution in [2.75, 3.05) is 6.61 Å². The fourth-order valence-electron chi connectivity index (χ4n) is 4.79. The number of rotatable bonds is 3. The molecule has 2 saturated carbocycles. The van der Waals surface area contributed by atoms with Gasteiger partial charge in [-0.15, -0.1) is 11.3 Å². The molecular formula is C16H24N2OS. The third-order valence-corrected chi connectivity index (χ3v) is 7.05. The number of nitrogens with zero attached hydrogens (tertiary/aromatic N) is 1. The molecule has 2 aliphatic carbocycles. The monoisotopic (exact) mass is 292 g/mol. The minimum atomic E-state index is 0.422. The Kier molecular flexibility index (Phi) is 2.99.